The van der Waals surface area contributed by atoms with Crippen LogP contribution in [0.15, 0.2) is 72.4 Å². The molecule has 1 aliphatic heterocycles. The Kier molecular flexibility index (Phi) is 4.51. The minimum Gasteiger partial charge on any atom is -0.406 e. The lowest BCUT2D eigenvalue weighted by atomic mass is 9.66. The van der Waals surface area contributed by atoms with E-state index in [0.29, 0.717) is 11.0 Å². The molecule has 0 atom stereocenters. The molecule has 0 unspecified atom stereocenters. The number of hydrogen-bond donors (Lipinski definition) is 0. The van der Waals surface area contributed by atoms with Gasteiger partial charge in [0.15, 0.2) is 7.28 Å². The third-order valence-electron chi connectivity index (χ3n) is 2.53. The Morgan fingerprint density at radius 3 is 2.30 bits per heavy atom. The summed E-state index contributed by atoms with van der Waals surface area (Å²) in [5.41, 5.74) is 1.03. The van der Waals surface area contributed by atoms with Crippen LogP contribution < -0.4 is 0 Å². The van der Waals surface area contributed by atoms with Crippen molar-refractivity contribution in [3.63, 3.8) is 0 Å². The summed E-state index contributed by atoms with van der Waals surface area (Å²) in [6.45, 7) is 0. The second-order valence-electron chi connectivity index (χ2n) is 3.99. The van der Waals surface area contributed by atoms with Crippen LogP contribution in [0.1, 0.15) is 5.56 Å². The van der Waals surface area contributed by atoms with Crippen molar-refractivity contribution in [3.05, 3.63) is 78.0 Å². The van der Waals surface area contributed by atoms with Crippen LogP contribution in [0.3, 0.4) is 0 Å². The lowest BCUT2D eigenvalue weighted by Gasteiger charge is -2.15. The summed E-state index contributed by atoms with van der Waals surface area (Å²) in [7, 11) is 1.59. The first-order valence-corrected chi connectivity index (χ1v) is 5.96. The summed E-state index contributed by atoms with van der Waals surface area (Å²) in [6, 6.07) is 8.80. The SMILES string of the molecule is FC(F)(F)OC1=C(c2ccccc2)[B]C=CC=CC=C1. The summed E-state index contributed by atoms with van der Waals surface area (Å²) in [5.74, 6) is 1.44. The van der Waals surface area contributed by atoms with Crippen LogP contribution in [0.5, 0.6) is 0 Å². The lowest BCUT2D eigenvalue weighted by molar-refractivity contribution is -0.302. The van der Waals surface area contributed by atoms with E-state index in [1.54, 1.807) is 61.8 Å². The molecule has 20 heavy (non-hydrogen) atoms. The van der Waals surface area contributed by atoms with Crippen molar-refractivity contribution in [2.75, 3.05) is 0 Å². The smallest absolute Gasteiger partial charge is 0.406 e. The Labute approximate surface area is 116 Å². The zero-order chi connectivity index (χ0) is 14.4. The maximum atomic E-state index is 12.5. The molecule has 0 saturated heterocycles. The van der Waals surface area contributed by atoms with Crippen LogP contribution in [0.25, 0.3) is 5.47 Å². The molecule has 0 spiro atoms. The van der Waals surface area contributed by atoms with E-state index in [1.807, 2.05) is 0 Å². The summed E-state index contributed by atoms with van der Waals surface area (Å²) < 4.78 is 41.7. The molecule has 0 saturated carbocycles. The summed E-state index contributed by atoms with van der Waals surface area (Å²) >= 11 is 0. The van der Waals surface area contributed by atoms with Crippen molar-refractivity contribution in [1.82, 2.24) is 0 Å². The van der Waals surface area contributed by atoms with Crippen molar-refractivity contribution in [1.29, 1.82) is 0 Å². The molecule has 1 aromatic carbocycles. The third-order valence-corrected chi connectivity index (χ3v) is 2.53. The number of ether oxygens (including phenoxy) is 1. The van der Waals surface area contributed by atoms with Gasteiger partial charge in [0.1, 0.15) is 5.76 Å². The van der Waals surface area contributed by atoms with Gasteiger partial charge in [-0.25, -0.2) is 0 Å². The molecule has 2 rings (SSSR count). The monoisotopic (exact) mass is 275 g/mol. The highest BCUT2D eigenvalue weighted by Gasteiger charge is 2.32. The van der Waals surface area contributed by atoms with Gasteiger partial charge < -0.3 is 4.74 Å². The minimum atomic E-state index is -4.73. The van der Waals surface area contributed by atoms with Crippen molar-refractivity contribution in [2.45, 2.75) is 6.36 Å². The van der Waals surface area contributed by atoms with E-state index in [9.17, 15) is 13.2 Å². The fourth-order valence-electron chi connectivity index (χ4n) is 1.73. The predicted octanol–water partition coefficient (Wildman–Crippen LogP) is 4.24. The highest BCUT2D eigenvalue weighted by atomic mass is 19.4. The molecule has 0 amide bonds. The van der Waals surface area contributed by atoms with Crippen LogP contribution in [0, 0.1) is 0 Å². The molecule has 1 aromatic rings. The fraction of sp³-hybridized carbons (Fsp3) is 0.0667. The molecule has 1 nitrogen and oxygen atoms in total. The summed E-state index contributed by atoms with van der Waals surface area (Å²) in [6.07, 6.45) is 3.19. The number of halogens is 3. The Bertz CT molecular complexity index is 569. The highest BCUT2D eigenvalue weighted by Crippen LogP contribution is 2.27. The van der Waals surface area contributed by atoms with Gasteiger partial charge in [0.2, 0.25) is 0 Å². The molecular weight excluding hydrogens is 264 g/mol. The third kappa shape index (κ3) is 4.19. The van der Waals surface area contributed by atoms with E-state index in [1.165, 1.54) is 12.2 Å². The van der Waals surface area contributed by atoms with E-state index in [0.717, 1.165) is 0 Å². The van der Waals surface area contributed by atoms with E-state index in [4.69, 9.17) is 0 Å². The standard InChI is InChI=1S/C15H11BF3O/c17-15(18,19)20-13-10-6-1-2-7-11-16-14(13)12-8-4-3-5-9-12/h1-11H. The molecule has 1 radical (unpaired) electrons. The molecule has 0 aromatic heterocycles. The van der Waals surface area contributed by atoms with E-state index in [2.05, 4.69) is 4.74 Å². The Morgan fingerprint density at radius 1 is 0.900 bits per heavy atom. The van der Waals surface area contributed by atoms with Gasteiger partial charge in [-0.15, -0.1) is 19.1 Å². The van der Waals surface area contributed by atoms with Crippen LogP contribution in [-0.2, 0) is 4.74 Å². The zero-order valence-corrected chi connectivity index (χ0v) is 10.5. The molecule has 0 bridgehead atoms. The molecule has 1 heterocycles. The van der Waals surface area contributed by atoms with Gasteiger partial charge in [-0.05, 0) is 17.1 Å². The van der Waals surface area contributed by atoms with Crippen molar-refractivity contribution >= 4 is 12.8 Å². The van der Waals surface area contributed by atoms with Crippen molar-refractivity contribution < 1.29 is 17.9 Å². The van der Waals surface area contributed by atoms with Crippen molar-refractivity contribution in [3.8, 4) is 0 Å². The minimum absolute atomic E-state index is 0.236. The van der Waals surface area contributed by atoms with Gasteiger partial charge in [0.25, 0.3) is 0 Å². The van der Waals surface area contributed by atoms with Gasteiger partial charge in [-0.1, -0.05) is 54.6 Å². The fourth-order valence-corrected chi connectivity index (χ4v) is 1.73. The molecule has 101 valence electrons. The first-order valence-electron chi connectivity index (χ1n) is 5.96. The zero-order valence-electron chi connectivity index (χ0n) is 10.5. The van der Waals surface area contributed by atoms with Crippen LogP contribution in [0.4, 0.5) is 13.2 Å². The second kappa shape index (κ2) is 6.32. The topological polar surface area (TPSA) is 9.23 Å². The maximum absolute atomic E-state index is 12.5. The number of benzene rings is 1. The van der Waals surface area contributed by atoms with Crippen LogP contribution >= 0.6 is 0 Å². The molecule has 5 heteroatoms. The number of rotatable bonds is 2. The number of hydrogen-bond acceptors (Lipinski definition) is 1. The molecule has 0 fully saturated rings. The molecule has 0 N–H and O–H groups in total. The normalized spacial score (nSPS) is 15.3. The quantitative estimate of drug-likeness (QED) is 0.734. The molecule has 0 aliphatic carbocycles. The molecular formula is C15H11BF3O. The Morgan fingerprint density at radius 2 is 1.60 bits per heavy atom. The average Bonchev–Trinajstić information content (AvgIpc) is 2.50. The van der Waals surface area contributed by atoms with E-state index >= 15 is 0 Å². The molecule has 1 aliphatic rings. The van der Waals surface area contributed by atoms with Gasteiger partial charge in [-0.2, -0.15) is 0 Å². The van der Waals surface area contributed by atoms with E-state index < -0.39 is 6.36 Å². The maximum Gasteiger partial charge on any atom is 0.573 e. The van der Waals surface area contributed by atoms with Gasteiger partial charge in [0.05, 0.1) is 0 Å². The predicted molar refractivity (Wildman–Crippen MR) is 73.7 cm³/mol. The Hall–Kier alpha value is -2.17. The largest absolute Gasteiger partial charge is 0.573 e. The summed E-state index contributed by atoms with van der Waals surface area (Å²) in [5, 5.41) is 0. The summed E-state index contributed by atoms with van der Waals surface area (Å²) in [4.78, 5) is 0. The second-order valence-corrected chi connectivity index (χ2v) is 3.99. The first kappa shape index (κ1) is 14.2. The number of alkyl halides is 3. The van der Waals surface area contributed by atoms with Gasteiger partial charge in [-0.3, -0.25) is 0 Å². The Balaban J connectivity index is 2.48. The van der Waals surface area contributed by atoms with Crippen molar-refractivity contribution in [2.24, 2.45) is 0 Å². The number of allylic oxidation sites excluding steroid dienone is 5. The first-order chi connectivity index (χ1) is 9.56. The van der Waals surface area contributed by atoms with Gasteiger partial charge >= 0.3 is 6.36 Å². The van der Waals surface area contributed by atoms with Crippen LogP contribution in [0.2, 0.25) is 0 Å². The van der Waals surface area contributed by atoms with Crippen LogP contribution in [-0.4, -0.2) is 13.6 Å². The highest BCUT2D eigenvalue weighted by molar-refractivity contribution is 6.65. The van der Waals surface area contributed by atoms with E-state index in [-0.39, 0.29) is 5.76 Å². The average molecular weight is 275 g/mol. The van der Waals surface area contributed by atoms with Gasteiger partial charge in [0, 0.05) is 0 Å². The lowest BCUT2D eigenvalue weighted by Crippen LogP contribution is -2.14.